The Morgan fingerprint density at radius 2 is 1.46 bits per heavy atom. The van der Waals surface area contributed by atoms with Crippen LogP contribution in [0.5, 0.6) is 0 Å². The Bertz CT molecular complexity index is 718. The molecular weight excluding hydrogens is 352 g/mol. The van der Waals surface area contributed by atoms with Crippen molar-refractivity contribution < 1.29 is 25.5 Å². The van der Waals surface area contributed by atoms with Crippen LogP contribution in [0.4, 0.5) is 0 Å². The smallest absolute Gasteiger partial charge is 0.108 e. The fraction of sp³-hybridized carbons (Fsp3) is 0.400. The second kappa shape index (κ2) is 8.52. The Kier molecular flexibility index (Phi) is 6.34. The molecule has 0 spiro atoms. The summed E-state index contributed by atoms with van der Waals surface area (Å²) in [5.41, 5.74) is 3.90. The van der Waals surface area contributed by atoms with E-state index < -0.39 is 28.8 Å². The first-order chi connectivity index (χ1) is 12.5. The molecule has 1 fully saturated rings. The number of hydrogen-bond acceptors (Lipinski definition) is 6. The minimum atomic E-state index is -1.28. The van der Waals surface area contributed by atoms with Gasteiger partial charge in [0.25, 0.3) is 0 Å². The zero-order chi connectivity index (χ0) is 18.7. The lowest BCUT2D eigenvalue weighted by molar-refractivity contribution is -0.0700. The van der Waals surface area contributed by atoms with Crippen molar-refractivity contribution in [2.75, 3.05) is 6.61 Å². The Morgan fingerprint density at radius 1 is 0.769 bits per heavy atom. The highest BCUT2D eigenvalue weighted by molar-refractivity contribution is 8.00. The summed E-state index contributed by atoms with van der Waals surface area (Å²) in [6, 6.07) is 15.5. The van der Waals surface area contributed by atoms with Gasteiger partial charge in [-0.15, -0.1) is 11.8 Å². The number of thioether (sulfide) groups is 1. The van der Waals surface area contributed by atoms with Crippen molar-refractivity contribution in [3.05, 3.63) is 70.8 Å². The summed E-state index contributed by atoms with van der Waals surface area (Å²) in [5.74, 6) is 0. The van der Waals surface area contributed by atoms with Gasteiger partial charge in [0.05, 0.1) is 35.9 Å². The summed E-state index contributed by atoms with van der Waals surface area (Å²) in [5, 5.41) is 48.0. The van der Waals surface area contributed by atoms with Gasteiger partial charge in [-0.25, -0.2) is 0 Å². The van der Waals surface area contributed by atoms with Crippen molar-refractivity contribution >= 4 is 11.8 Å². The van der Waals surface area contributed by atoms with Crippen LogP contribution in [-0.4, -0.2) is 55.7 Å². The van der Waals surface area contributed by atoms with Crippen molar-refractivity contribution in [1.29, 1.82) is 0 Å². The molecule has 5 nitrogen and oxygen atoms in total. The van der Waals surface area contributed by atoms with Crippen LogP contribution in [0.15, 0.2) is 48.5 Å². The fourth-order valence-corrected chi connectivity index (χ4v) is 4.67. The number of aliphatic hydroxyl groups is 5. The van der Waals surface area contributed by atoms with Crippen LogP contribution in [-0.2, 0) is 13.0 Å². The van der Waals surface area contributed by atoms with Crippen LogP contribution < -0.4 is 0 Å². The molecule has 5 atom stereocenters. The molecule has 0 aromatic heterocycles. The molecule has 0 bridgehead atoms. The molecule has 26 heavy (non-hydrogen) atoms. The van der Waals surface area contributed by atoms with Crippen LogP contribution in [0, 0.1) is 0 Å². The summed E-state index contributed by atoms with van der Waals surface area (Å²) in [6.45, 7) is -0.240. The molecule has 0 aliphatic carbocycles. The van der Waals surface area contributed by atoms with E-state index in [1.54, 1.807) is 0 Å². The van der Waals surface area contributed by atoms with Gasteiger partial charge in [-0.2, -0.15) is 0 Å². The normalized spacial score (nSPS) is 28.9. The average molecular weight is 376 g/mol. The van der Waals surface area contributed by atoms with Crippen molar-refractivity contribution in [3.63, 3.8) is 0 Å². The molecule has 3 rings (SSSR count). The van der Waals surface area contributed by atoms with Crippen LogP contribution in [0.3, 0.4) is 0 Å². The van der Waals surface area contributed by atoms with E-state index in [1.807, 2.05) is 48.5 Å². The predicted molar refractivity (Wildman–Crippen MR) is 101 cm³/mol. The largest absolute Gasteiger partial charge is 0.395 e. The van der Waals surface area contributed by atoms with E-state index in [0.29, 0.717) is 6.42 Å². The number of benzene rings is 2. The Morgan fingerprint density at radius 3 is 2.12 bits per heavy atom. The number of aliphatic hydroxyl groups excluding tert-OH is 5. The summed E-state index contributed by atoms with van der Waals surface area (Å²) in [7, 11) is 0. The first-order valence-corrected chi connectivity index (χ1v) is 9.55. The van der Waals surface area contributed by atoms with Crippen molar-refractivity contribution in [3.8, 4) is 0 Å². The predicted octanol–water partition coefficient (Wildman–Crippen LogP) is 1.00. The highest BCUT2D eigenvalue weighted by Gasteiger charge is 2.43. The van der Waals surface area contributed by atoms with Gasteiger partial charge in [0.15, 0.2) is 0 Å². The van der Waals surface area contributed by atoms with Gasteiger partial charge in [-0.3, -0.25) is 0 Å². The third-order valence-electron chi connectivity index (χ3n) is 4.79. The van der Waals surface area contributed by atoms with E-state index in [0.717, 1.165) is 22.3 Å². The maximum Gasteiger partial charge on any atom is 0.108 e. The average Bonchev–Trinajstić information content (AvgIpc) is 2.67. The van der Waals surface area contributed by atoms with E-state index in [4.69, 9.17) is 5.11 Å². The second-order valence-electron chi connectivity index (χ2n) is 6.65. The second-order valence-corrected chi connectivity index (χ2v) is 8.03. The van der Waals surface area contributed by atoms with Crippen molar-refractivity contribution in [1.82, 2.24) is 0 Å². The molecule has 1 heterocycles. The fourth-order valence-electron chi connectivity index (χ4n) is 3.26. The maximum atomic E-state index is 10.4. The summed E-state index contributed by atoms with van der Waals surface area (Å²) < 4.78 is 0. The third-order valence-corrected chi connectivity index (χ3v) is 6.41. The number of rotatable bonds is 5. The van der Waals surface area contributed by atoms with Crippen LogP contribution >= 0.6 is 11.8 Å². The molecule has 0 saturated carbocycles. The van der Waals surface area contributed by atoms with E-state index in [2.05, 4.69) is 0 Å². The molecule has 1 aliphatic heterocycles. The van der Waals surface area contributed by atoms with E-state index in [-0.39, 0.29) is 13.2 Å². The van der Waals surface area contributed by atoms with Crippen molar-refractivity contribution in [2.24, 2.45) is 0 Å². The number of hydrogen-bond donors (Lipinski definition) is 5. The minimum absolute atomic E-state index is 0.0206. The molecule has 2 aromatic carbocycles. The monoisotopic (exact) mass is 376 g/mol. The summed E-state index contributed by atoms with van der Waals surface area (Å²) >= 11 is 1.29. The van der Waals surface area contributed by atoms with Gasteiger partial charge in [-0.05, 0) is 28.7 Å². The molecule has 1 saturated heterocycles. The molecule has 6 heteroatoms. The Labute approximate surface area is 156 Å². The molecular formula is C20H24O5S. The van der Waals surface area contributed by atoms with Gasteiger partial charge in [0.1, 0.15) is 6.10 Å². The zero-order valence-electron chi connectivity index (χ0n) is 14.3. The first kappa shape index (κ1) is 19.4. The highest BCUT2D eigenvalue weighted by Crippen LogP contribution is 2.43. The topological polar surface area (TPSA) is 101 Å². The lowest BCUT2D eigenvalue weighted by atomic mass is 9.95. The van der Waals surface area contributed by atoms with E-state index in [9.17, 15) is 20.4 Å². The van der Waals surface area contributed by atoms with Crippen LogP contribution in [0.2, 0.25) is 0 Å². The standard InChI is InChI=1S/C20H24O5S/c21-10-13-6-4-12(5-7-13)8-14-2-1-3-15(9-14)20-19(25)18(24)17(23)16(11-22)26-20/h1-7,9,16-25H,8,10-11H2/t16-,17-,18+,19-,20+/m1/s1. The lowest BCUT2D eigenvalue weighted by Gasteiger charge is -2.39. The van der Waals surface area contributed by atoms with Gasteiger partial charge in [-0.1, -0.05) is 48.5 Å². The highest BCUT2D eigenvalue weighted by atomic mass is 32.2. The zero-order valence-corrected chi connectivity index (χ0v) is 15.1. The molecule has 0 amide bonds. The summed E-state index contributed by atoms with van der Waals surface area (Å²) in [6.07, 6.45) is -2.82. The van der Waals surface area contributed by atoms with Gasteiger partial charge in [0, 0.05) is 0 Å². The quantitative estimate of drug-likeness (QED) is 0.534. The SMILES string of the molecule is OCc1ccc(Cc2cccc([C@@H]3S[C@H](CO)[C@@H](O)[C@H](O)[C@H]3O)c2)cc1. The molecule has 0 radical (unpaired) electrons. The minimum Gasteiger partial charge on any atom is -0.395 e. The Balaban J connectivity index is 1.79. The van der Waals surface area contributed by atoms with Gasteiger partial charge < -0.3 is 25.5 Å². The van der Waals surface area contributed by atoms with E-state index in [1.165, 1.54) is 11.8 Å². The van der Waals surface area contributed by atoms with Crippen LogP contribution in [0.25, 0.3) is 0 Å². The Hall–Kier alpha value is -1.41. The van der Waals surface area contributed by atoms with E-state index >= 15 is 0 Å². The third kappa shape index (κ3) is 4.11. The van der Waals surface area contributed by atoms with Gasteiger partial charge in [0.2, 0.25) is 0 Å². The summed E-state index contributed by atoms with van der Waals surface area (Å²) in [4.78, 5) is 0. The van der Waals surface area contributed by atoms with Crippen LogP contribution in [0.1, 0.15) is 27.5 Å². The molecule has 2 aromatic rings. The van der Waals surface area contributed by atoms with Gasteiger partial charge >= 0.3 is 0 Å². The molecule has 140 valence electrons. The van der Waals surface area contributed by atoms with Crippen molar-refractivity contribution in [2.45, 2.75) is 41.8 Å². The first-order valence-electron chi connectivity index (χ1n) is 8.61. The molecule has 1 aliphatic rings. The molecule has 0 unspecified atom stereocenters. The lowest BCUT2D eigenvalue weighted by Crippen LogP contribution is -2.51. The maximum absolute atomic E-state index is 10.4. The molecule has 5 N–H and O–H groups in total.